The number of carbonyl (C=O) groups is 1. The molecule has 2 N–H and O–H groups in total. The first kappa shape index (κ1) is 16.3. The van der Waals surface area contributed by atoms with E-state index in [4.69, 9.17) is 17.0 Å². The average molecular weight is 296 g/mol. The molecule has 0 radical (unpaired) electrons. The van der Waals surface area contributed by atoms with Crippen molar-refractivity contribution in [1.82, 2.24) is 15.3 Å². The smallest absolute Gasteiger partial charge is 0.305 e. The Bertz CT molecular complexity index is 414. The summed E-state index contributed by atoms with van der Waals surface area (Å²) in [6.45, 7) is 3.01. The normalized spacial score (nSPS) is 9.85. The summed E-state index contributed by atoms with van der Waals surface area (Å²) in [5.41, 5.74) is 0. The highest BCUT2D eigenvalue weighted by molar-refractivity contribution is 7.80. The molecule has 0 atom stereocenters. The number of thiocarbonyl (C=S) groups is 1. The van der Waals surface area contributed by atoms with Crippen molar-refractivity contribution in [3.8, 4) is 0 Å². The van der Waals surface area contributed by atoms with Gasteiger partial charge in [0.15, 0.2) is 5.11 Å². The minimum Gasteiger partial charge on any atom is -0.466 e. The second-order valence-corrected chi connectivity index (χ2v) is 4.48. The van der Waals surface area contributed by atoms with Crippen LogP contribution in [-0.2, 0) is 9.53 Å². The van der Waals surface area contributed by atoms with Crippen LogP contribution in [0.2, 0.25) is 0 Å². The van der Waals surface area contributed by atoms with E-state index >= 15 is 0 Å². The van der Waals surface area contributed by atoms with E-state index in [-0.39, 0.29) is 5.97 Å². The van der Waals surface area contributed by atoms with Crippen LogP contribution in [0.1, 0.15) is 32.6 Å². The molecule has 1 heterocycles. The maximum absolute atomic E-state index is 11.1. The maximum Gasteiger partial charge on any atom is 0.305 e. The molecule has 0 amide bonds. The largest absolute Gasteiger partial charge is 0.466 e. The second-order valence-electron chi connectivity index (χ2n) is 4.07. The Hall–Kier alpha value is -1.76. The zero-order valence-electron chi connectivity index (χ0n) is 11.6. The van der Waals surface area contributed by atoms with Crippen molar-refractivity contribution < 1.29 is 9.53 Å². The molecular formula is C13H20N4O2S. The molecule has 1 aromatic rings. The number of rotatable bonds is 8. The minimum absolute atomic E-state index is 0.126. The van der Waals surface area contributed by atoms with Gasteiger partial charge in [-0.1, -0.05) is 6.42 Å². The van der Waals surface area contributed by atoms with E-state index in [1.165, 1.54) is 0 Å². The molecular weight excluding hydrogens is 276 g/mol. The zero-order valence-corrected chi connectivity index (χ0v) is 12.4. The molecule has 6 nitrogen and oxygen atoms in total. The van der Waals surface area contributed by atoms with Crippen LogP contribution in [0.3, 0.4) is 0 Å². The fourth-order valence-electron chi connectivity index (χ4n) is 1.52. The van der Waals surface area contributed by atoms with Crippen LogP contribution in [0.4, 0.5) is 5.95 Å². The van der Waals surface area contributed by atoms with Gasteiger partial charge in [0, 0.05) is 25.4 Å². The van der Waals surface area contributed by atoms with E-state index in [0.717, 1.165) is 25.8 Å². The predicted octanol–water partition coefficient (Wildman–Crippen LogP) is 1.89. The Kier molecular flexibility index (Phi) is 8.21. The third-order valence-electron chi connectivity index (χ3n) is 2.44. The molecule has 0 fully saturated rings. The van der Waals surface area contributed by atoms with Gasteiger partial charge in [-0.3, -0.25) is 4.79 Å². The van der Waals surface area contributed by atoms with Crippen LogP contribution in [0.5, 0.6) is 0 Å². The molecule has 0 aliphatic carbocycles. The van der Waals surface area contributed by atoms with Gasteiger partial charge in [0.2, 0.25) is 5.95 Å². The lowest BCUT2D eigenvalue weighted by molar-refractivity contribution is -0.143. The number of hydrogen-bond donors (Lipinski definition) is 2. The first-order valence-corrected chi connectivity index (χ1v) is 7.10. The number of nitrogens with one attached hydrogen (secondary N) is 2. The fourth-order valence-corrected chi connectivity index (χ4v) is 1.71. The van der Waals surface area contributed by atoms with Crippen LogP contribution < -0.4 is 10.6 Å². The van der Waals surface area contributed by atoms with Gasteiger partial charge in [0.05, 0.1) is 6.61 Å². The molecule has 0 bridgehead atoms. The average Bonchev–Trinajstić information content (AvgIpc) is 2.44. The van der Waals surface area contributed by atoms with Gasteiger partial charge >= 0.3 is 5.97 Å². The number of aromatic nitrogens is 2. The molecule has 7 heteroatoms. The monoisotopic (exact) mass is 296 g/mol. The molecule has 0 unspecified atom stereocenters. The number of esters is 1. The fraction of sp³-hybridized carbons (Fsp3) is 0.538. The summed E-state index contributed by atoms with van der Waals surface area (Å²) in [5, 5.41) is 6.46. The van der Waals surface area contributed by atoms with Gasteiger partial charge < -0.3 is 15.4 Å². The van der Waals surface area contributed by atoms with Gasteiger partial charge in [-0.05, 0) is 38.0 Å². The van der Waals surface area contributed by atoms with Crippen molar-refractivity contribution >= 4 is 29.2 Å². The Morgan fingerprint density at radius 1 is 1.30 bits per heavy atom. The van der Waals surface area contributed by atoms with Crippen molar-refractivity contribution in [2.75, 3.05) is 18.5 Å². The lowest BCUT2D eigenvalue weighted by Gasteiger charge is -2.08. The molecule has 0 aromatic carbocycles. The number of unbranched alkanes of at least 4 members (excludes halogenated alkanes) is 2. The molecule has 0 aliphatic heterocycles. The van der Waals surface area contributed by atoms with Gasteiger partial charge in [-0.2, -0.15) is 0 Å². The van der Waals surface area contributed by atoms with Crippen LogP contribution in [0, 0.1) is 0 Å². The Labute approximate surface area is 124 Å². The number of nitrogens with zero attached hydrogens (tertiary/aromatic N) is 2. The summed E-state index contributed by atoms with van der Waals surface area (Å²) >= 11 is 5.11. The van der Waals surface area contributed by atoms with E-state index in [2.05, 4.69) is 20.6 Å². The molecule has 0 spiro atoms. The molecule has 0 saturated carbocycles. The van der Waals surface area contributed by atoms with Crippen LogP contribution in [0.15, 0.2) is 18.5 Å². The summed E-state index contributed by atoms with van der Waals surface area (Å²) in [5.74, 6) is 0.353. The van der Waals surface area contributed by atoms with E-state index in [0.29, 0.717) is 24.1 Å². The Morgan fingerprint density at radius 3 is 2.75 bits per heavy atom. The first-order chi connectivity index (χ1) is 9.72. The summed E-state index contributed by atoms with van der Waals surface area (Å²) in [6, 6.07) is 1.74. The summed E-state index contributed by atoms with van der Waals surface area (Å²) in [6.07, 6.45) is 6.50. The topological polar surface area (TPSA) is 76.1 Å². The lowest BCUT2D eigenvalue weighted by atomic mass is 10.2. The van der Waals surface area contributed by atoms with Gasteiger partial charge in [-0.25, -0.2) is 9.97 Å². The quantitative estimate of drug-likeness (QED) is 0.431. The van der Waals surface area contributed by atoms with Crippen LogP contribution in [0.25, 0.3) is 0 Å². The van der Waals surface area contributed by atoms with Gasteiger partial charge in [-0.15, -0.1) is 0 Å². The van der Waals surface area contributed by atoms with Gasteiger partial charge in [0.1, 0.15) is 0 Å². The van der Waals surface area contributed by atoms with E-state index < -0.39 is 0 Å². The zero-order chi connectivity index (χ0) is 14.6. The maximum atomic E-state index is 11.1. The third-order valence-corrected chi connectivity index (χ3v) is 2.69. The number of anilines is 1. The summed E-state index contributed by atoms with van der Waals surface area (Å²) in [4.78, 5) is 19.1. The van der Waals surface area contributed by atoms with Crippen molar-refractivity contribution in [3.05, 3.63) is 18.5 Å². The van der Waals surface area contributed by atoms with Crippen molar-refractivity contribution in [2.24, 2.45) is 0 Å². The van der Waals surface area contributed by atoms with E-state index in [1.807, 2.05) is 6.92 Å². The predicted molar refractivity (Wildman–Crippen MR) is 81.4 cm³/mol. The molecule has 1 rings (SSSR count). The number of hydrogen-bond acceptors (Lipinski definition) is 5. The van der Waals surface area contributed by atoms with Crippen LogP contribution >= 0.6 is 12.2 Å². The van der Waals surface area contributed by atoms with E-state index in [9.17, 15) is 4.79 Å². The van der Waals surface area contributed by atoms with E-state index in [1.54, 1.807) is 18.5 Å². The third kappa shape index (κ3) is 7.63. The Morgan fingerprint density at radius 2 is 2.05 bits per heavy atom. The molecule has 20 heavy (non-hydrogen) atoms. The minimum atomic E-state index is -0.126. The lowest BCUT2D eigenvalue weighted by Crippen LogP contribution is -2.29. The molecule has 1 aromatic heterocycles. The number of carbonyl (C=O) groups excluding carboxylic acids is 1. The van der Waals surface area contributed by atoms with Gasteiger partial charge in [0.25, 0.3) is 0 Å². The number of ether oxygens (including phenoxy) is 1. The summed E-state index contributed by atoms with van der Waals surface area (Å²) in [7, 11) is 0. The van der Waals surface area contributed by atoms with Crippen molar-refractivity contribution in [1.29, 1.82) is 0 Å². The highest BCUT2D eigenvalue weighted by Gasteiger charge is 2.01. The van der Waals surface area contributed by atoms with Crippen molar-refractivity contribution in [2.45, 2.75) is 32.6 Å². The Balaban J connectivity index is 2.01. The standard InChI is InChI=1S/C13H20N4O2S/c1-2-19-11(18)7-4-3-5-8-16-13(20)17-12-14-9-6-10-15-12/h6,9-10H,2-5,7-8H2,1H3,(H2,14,15,16,17,20). The van der Waals surface area contributed by atoms with Crippen LogP contribution in [-0.4, -0.2) is 34.2 Å². The SMILES string of the molecule is CCOC(=O)CCCCCNC(=S)Nc1ncccn1. The second kappa shape index (κ2) is 10.1. The molecule has 0 saturated heterocycles. The molecule has 110 valence electrons. The highest BCUT2D eigenvalue weighted by atomic mass is 32.1. The first-order valence-electron chi connectivity index (χ1n) is 6.70. The summed E-state index contributed by atoms with van der Waals surface area (Å²) < 4.78 is 4.85. The highest BCUT2D eigenvalue weighted by Crippen LogP contribution is 2.01. The molecule has 0 aliphatic rings. The van der Waals surface area contributed by atoms with Crippen molar-refractivity contribution in [3.63, 3.8) is 0 Å².